The third kappa shape index (κ3) is 3.57. The Morgan fingerprint density at radius 3 is 2.04 bits per heavy atom. The Morgan fingerprint density at radius 2 is 1.43 bits per heavy atom. The van der Waals surface area contributed by atoms with Gasteiger partial charge in [0.1, 0.15) is 11.0 Å². The molecule has 128 valence electrons. The molecule has 0 spiro atoms. The number of aromatic nitrogens is 4. The van der Waals surface area contributed by atoms with Crippen LogP contribution in [0.1, 0.15) is 59.3 Å². The Hall–Kier alpha value is -1.85. The molecule has 0 aromatic carbocycles. The molecule has 0 bridgehead atoms. The zero-order valence-corrected chi connectivity index (χ0v) is 14.5. The first-order valence-corrected chi connectivity index (χ1v) is 8.84. The summed E-state index contributed by atoms with van der Waals surface area (Å²) < 4.78 is 4.95. The number of aryl methyl sites for hydroxylation is 2. The molecule has 0 aliphatic heterocycles. The van der Waals surface area contributed by atoms with Gasteiger partial charge in [0.25, 0.3) is 5.56 Å². The SMILES string of the molecule is CCCCn1c(=O)c2cnn(CCCC)c2n(CCCC)c1=O. The minimum Gasteiger partial charge on any atom is -0.278 e. The van der Waals surface area contributed by atoms with Gasteiger partial charge in [0.2, 0.25) is 0 Å². The first kappa shape index (κ1) is 17.5. The second-order valence-electron chi connectivity index (χ2n) is 6.06. The van der Waals surface area contributed by atoms with Crippen LogP contribution < -0.4 is 11.2 Å². The number of rotatable bonds is 9. The highest BCUT2D eigenvalue weighted by atomic mass is 16.2. The van der Waals surface area contributed by atoms with Crippen molar-refractivity contribution in [1.29, 1.82) is 0 Å². The van der Waals surface area contributed by atoms with Crippen LogP contribution in [0.5, 0.6) is 0 Å². The van der Waals surface area contributed by atoms with Crippen LogP contribution in [0.25, 0.3) is 11.0 Å². The zero-order valence-electron chi connectivity index (χ0n) is 14.5. The van der Waals surface area contributed by atoms with Gasteiger partial charge in [-0.15, -0.1) is 0 Å². The summed E-state index contributed by atoms with van der Waals surface area (Å²) in [6.45, 7) is 8.13. The van der Waals surface area contributed by atoms with Crippen molar-refractivity contribution in [2.75, 3.05) is 0 Å². The van der Waals surface area contributed by atoms with E-state index in [9.17, 15) is 9.59 Å². The predicted octanol–water partition coefficient (Wildman–Crippen LogP) is 2.76. The standard InChI is InChI=1S/C17H28N4O2/c1-4-7-10-19-15-14(13-18-21(15)12-9-6-3)16(22)20(17(19)23)11-8-5-2/h13H,4-12H2,1-3H3. The molecule has 0 unspecified atom stereocenters. The van der Waals surface area contributed by atoms with Crippen molar-refractivity contribution in [3.8, 4) is 0 Å². The molecule has 0 N–H and O–H groups in total. The fourth-order valence-corrected chi connectivity index (χ4v) is 2.79. The molecule has 0 aliphatic carbocycles. The van der Waals surface area contributed by atoms with Gasteiger partial charge in [0.15, 0.2) is 0 Å². The topological polar surface area (TPSA) is 61.8 Å². The molecule has 2 aromatic rings. The molecule has 2 aromatic heterocycles. The molecular formula is C17H28N4O2. The molecule has 6 nitrogen and oxygen atoms in total. The van der Waals surface area contributed by atoms with Gasteiger partial charge in [0.05, 0.1) is 6.20 Å². The molecule has 0 radical (unpaired) electrons. The van der Waals surface area contributed by atoms with E-state index >= 15 is 0 Å². The van der Waals surface area contributed by atoms with Gasteiger partial charge in [-0.25, -0.2) is 9.48 Å². The van der Waals surface area contributed by atoms with Crippen LogP contribution in [0.4, 0.5) is 0 Å². The summed E-state index contributed by atoms with van der Waals surface area (Å²) in [5, 5.41) is 4.93. The third-order valence-corrected chi connectivity index (χ3v) is 4.20. The van der Waals surface area contributed by atoms with Crippen LogP contribution in [0.15, 0.2) is 15.8 Å². The first-order valence-electron chi connectivity index (χ1n) is 8.84. The average molecular weight is 320 g/mol. The van der Waals surface area contributed by atoms with E-state index in [4.69, 9.17) is 0 Å². The molecule has 0 saturated heterocycles. The van der Waals surface area contributed by atoms with Crippen LogP contribution in [0, 0.1) is 0 Å². The van der Waals surface area contributed by atoms with Gasteiger partial charge >= 0.3 is 5.69 Å². The lowest BCUT2D eigenvalue weighted by Crippen LogP contribution is -2.40. The van der Waals surface area contributed by atoms with E-state index in [-0.39, 0.29) is 11.2 Å². The highest BCUT2D eigenvalue weighted by Gasteiger charge is 2.17. The maximum atomic E-state index is 12.8. The molecular weight excluding hydrogens is 292 g/mol. The van der Waals surface area contributed by atoms with Crippen LogP contribution in [-0.2, 0) is 19.6 Å². The second-order valence-corrected chi connectivity index (χ2v) is 6.06. The number of hydrogen-bond acceptors (Lipinski definition) is 3. The van der Waals surface area contributed by atoms with Gasteiger partial charge in [-0.05, 0) is 19.3 Å². The molecule has 0 aliphatic rings. The highest BCUT2D eigenvalue weighted by Crippen LogP contribution is 2.10. The Balaban J connectivity index is 2.64. The Kier molecular flexibility index (Phi) is 6.19. The molecule has 23 heavy (non-hydrogen) atoms. The van der Waals surface area contributed by atoms with Crippen LogP contribution in [0.2, 0.25) is 0 Å². The molecule has 0 atom stereocenters. The smallest absolute Gasteiger partial charge is 0.278 e. The van der Waals surface area contributed by atoms with Gasteiger partial charge in [-0.3, -0.25) is 13.9 Å². The monoisotopic (exact) mass is 320 g/mol. The van der Waals surface area contributed by atoms with Crippen molar-refractivity contribution in [2.45, 2.75) is 78.9 Å². The van der Waals surface area contributed by atoms with Gasteiger partial charge in [0, 0.05) is 19.6 Å². The molecule has 0 saturated carbocycles. The summed E-state index contributed by atoms with van der Waals surface area (Å²) in [4.78, 5) is 25.5. The maximum absolute atomic E-state index is 12.8. The quantitative estimate of drug-likeness (QED) is 0.714. The summed E-state index contributed by atoms with van der Waals surface area (Å²) in [5.41, 5.74) is 0.297. The maximum Gasteiger partial charge on any atom is 0.332 e. The summed E-state index contributed by atoms with van der Waals surface area (Å²) in [6, 6.07) is 0. The van der Waals surface area contributed by atoms with Crippen molar-refractivity contribution in [2.24, 2.45) is 0 Å². The lowest BCUT2D eigenvalue weighted by molar-refractivity contribution is 0.512. The van der Waals surface area contributed by atoms with E-state index < -0.39 is 0 Å². The lowest BCUT2D eigenvalue weighted by Gasteiger charge is -2.13. The molecule has 2 heterocycles. The van der Waals surface area contributed by atoms with Crippen molar-refractivity contribution < 1.29 is 0 Å². The van der Waals surface area contributed by atoms with Crippen molar-refractivity contribution in [1.82, 2.24) is 18.9 Å². The third-order valence-electron chi connectivity index (χ3n) is 4.20. The molecule has 6 heteroatoms. The molecule has 0 amide bonds. The van der Waals surface area contributed by atoms with E-state index in [1.165, 1.54) is 4.57 Å². The van der Waals surface area contributed by atoms with E-state index in [0.717, 1.165) is 45.1 Å². The van der Waals surface area contributed by atoms with Crippen LogP contribution in [0.3, 0.4) is 0 Å². The number of fused-ring (bicyclic) bond motifs is 1. The van der Waals surface area contributed by atoms with Gasteiger partial charge in [-0.2, -0.15) is 5.10 Å². The highest BCUT2D eigenvalue weighted by molar-refractivity contribution is 5.73. The summed E-state index contributed by atoms with van der Waals surface area (Å²) in [7, 11) is 0. The van der Waals surface area contributed by atoms with E-state index in [2.05, 4.69) is 25.9 Å². The Morgan fingerprint density at radius 1 is 0.870 bits per heavy atom. The lowest BCUT2D eigenvalue weighted by atomic mass is 10.3. The summed E-state index contributed by atoms with van der Waals surface area (Å²) >= 11 is 0. The Bertz CT molecular complexity index is 754. The number of hydrogen-bond donors (Lipinski definition) is 0. The Labute approximate surface area is 136 Å². The van der Waals surface area contributed by atoms with Gasteiger partial charge in [-0.1, -0.05) is 40.0 Å². The summed E-state index contributed by atoms with van der Waals surface area (Å²) in [5.74, 6) is 0. The van der Waals surface area contributed by atoms with E-state index in [1.807, 2.05) is 4.68 Å². The van der Waals surface area contributed by atoms with Crippen LogP contribution >= 0.6 is 0 Å². The second kappa shape index (κ2) is 8.13. The fraction of sp³-hybridized carbons (Fsp3) is 0.706. The summed E-state index contributed by atoms with van der Waals surface area (Å²) in [6.07, 6.45) is 7.36. The number of nitrogens with zero attached hydrogens (tertiary/aromatic N) is 4. The predicted molar refractivity (Wildman–Crippen MR) is 93.0 cm³/mol. The van der Waals surface area contributed by atoms with E-state index in [1.54, 1.807) is 10.8 Å². The number of unbranched alkanes of at least 4 members (excludes halogenated alkanes) is 3. The van der Waals surface area contributed by atoms with E-state index in [0.29, 0.717) is 24.1 Å². The van der Waals surface area contributed by atoms with Gasteiger partial charge < -0.3 is 0 Å². The zero-order chi connectivity index (χ0) is 16.8. The fourth-order valence-electron chi connectivity index (χ4n) is 2.79. The average Bonchev–Trinajstić information content (AvgIpc) is 2.97. The van der Waals surface area contributed by atoms with Crippen molar-refractivity contribution in [3.63, 3.8) is 0 Å². The largest absolute Gasteiger partial charge is 0.332 e. The molecule has 2 rings (SSSR count). The minimum absolute atomic E-state index is 0.192. The van der Waals surface area contributed by atoms with Crippen LogP contribution in [-0.4, -0.2) is 18.9 Å². The molecule has 0 fully saturated rings. The normalized spacial score (nSPS) is 11.4. The first-order chi connectivity index (χ1) is 11.2. The minimum atomic E-state index is -0.200. The van der Waals surface area contributed by atoms with Crippen molar-refractivity contribution >= 4 is 11.0 Å². The van der Waals surface area contributed by atoms with Crippen molar-refractivity contribution in [3.05, 3.63) is 27.0 Å².